The van der Waals surface area contributed by atoms with Crippen molar-refractivity contribution in [2.75, 3.05) is 7.11 Å². The number of halogens is 1. The van der Waals surface area contributed by atoms with Crippen molar-refractivity contribution in [3.05, 3.63) is 53.3 Å². The van der Waals surface area contributed by atoms with Crippen molar-refractivity contribution in [3.8, 4) is 5.75 Å². The molecule has 0 radical (unpaired) electrons. The lowest BCUT2D eigenvalue weighted by molar-refractivity contribution is 0.415. The van der Waals surface area contributed by atoms with Gasteiger partial charge in [-0.25, -0.2) is 4.39 Å². The highest BCUT2D eigenvalue weighted by Gasteiger charge is 2.51. The van der Waals surface area contributed by atoms with Gasteiger partial charge in [-0.05, 0) is 56.2 Å². The fraction of sp³-hybridized carbons (Fsp3) is 0.263. The average molecular weight is 341 g/mol. The van der Waals surface area contributed by atoms with E-state index in [1.165, 1.54) is 31.9 Å². The van der Waals surface area contributed by atoms with E-state index in [-0.39, 0.29) is 5.82 Å². The van der Waals surface area contributed by atoms with Crippen LogP contribution in [0.1, 0.15) is 11.1 Å². The normalized spacial score (nSPS) is 19.4. The molecule has 118 valence electrons. The molecule has 0 fully saturated rings. The lowest BCUT2D eigenvalue weighted by Crippen LogP contribution is -2.45. The Labute approximate surface area is 138 Å². The highest BCUT2D eigenvalue weighted by molar-refractivity contribution is 7.20. The molecule has 0 spiro atoms. The van der Waals surface area contributed by atoms with Gasteiger partial charge in [0.1, 0.15) is 27.7 Å². The Morgan fingerprint density at radius 3 is 1.87 bits per heavy atom. The molecule has 2 aliphatic rings. The molecule has 1 nitrogen and oxygen atoms in total. The van der Waals surface area contributed by atoms with E-state index in [2.05, 4.69) is 44.4 Å². The Balaban J connectivity index is 2.04. The summed E-state index contributed by atoms with van der Waals surface area (Å²) in [4.78, 5) is 0. The first-order valence-corrected chi connectivity index (χ1v) is 14.0. The quantitative estimate of drug-likeness (QED) is 0.720. The zero-order chi connectivity index (χ0) is 16.6. The largest absolute Gasteiger partial charge is 0.497 e. The molecule has 23 heavy (non-hydrogen) atoms. The number of fused-ring (bicyclic) bond motifs is 4. The van der Waals surface area contributed by atoms with Gasteiger partial charge in [-0.3, -0.25) is 0 Å². The standard InChI is InChI=1S/C19H21FOSi2/c1-21-13-7-9-15-17(11-13)23(4,5)18-14-8-6-12(20)10-16(14)22(2,3)19(15)18/h6-11H,1-5H3. The number of hydrogen-bond donors (Lipinski definition) is 0. The van der Waals surface area contributed by atoms with Crippen molar-refractivity contribution in [2.45, 2.75) is 26.2 Å². The predicted molar refractivity (Wildman–Crippen MR) is 100 cm³/mol. The van der Waals surface area contributed by atoms with Crippen LogP contribution in [0.5, 0.6) is 5.75 Å². The summed E-state index contributed by atoms with van der Waals surface area (Å²) in [6.07, 6.45) is 0. The van der Waals surface area contributed by atoms with Gasteiger partial charge in [0.2, 0.25) is 0 Å². The van der Waals surface area contributed by atoms with Gasteiger partial charge in [0.05, 0.1) is 7.11 Å². The van der Waals surface area contributed by atoms with Crippen LogP contribution in [0.15, 0.2) is 36.4 Å². The van der Waals surface area contributed by atoms with Crippen LogP contribution in [0, 0.1) is 5.82 Å². The lowest BCUT2D eigenvalue weighted by Gasteiger charge is -2.26. The van der Waals surface area contributed by atoms with Crippen LogP contribution in [-0.4, -0.2) is 23.3 Å². The predicted octanol–water partition coefficient (Wildman–Crippen LogP) is 3.68. The van der Waals surface area contributed by atoms with Crippen molar-refractivity contribution >= 4 is 36.9 Å². The lowest BCUT2D eigenvalue weighted by atomic mass is 10.1. The van der Waals surface area contributed by atoms with Crippen LogP contribution in [0.25, 0.3) is 10.4 Å². The van der Waals surface area contributed by atoms with Crippen molar-refractivity contribution < 1.29 is 9.13 Å². The molecule has 0 aromatic heterocycles. The van der Waals surface area contributed by atoms with Gasteiger partial charge in [0, 0.05) is 0 Å². The number of ether oxygens (including phenoxy) is 1. The highest BCUT2D eigenvalue weighted by atomic mass is 28.3. The third-order valence-corrected chi connectivity index (χ3v) is 12.9. The minimum absolute atomic E-state index is 0.111. The third kappa shape index (κ3) is 1.76. The molecular formula is C19H21FOSi2. The first kappa shape index (κ1) is 14.9. The molecule has 2 heterocycles. The Morgan fingerprint density at radius 2 is 1.30 bits per heavy atom. The average Bonchev–Trinajstić information content (AvgIpc) is 2.88. The highest BCUT2D eigenvalue weighted by Crippen LogP contribution is 2.48. The summed E-state index contributed by atoms with van der Waals surface area (Å²) in [5.74, 6) is 0.823. The van der Waals surface area contributed by atoms with Crippen LogP contribution in [-0.2, 0) is 0 Å². The van der Waals surface area contributed by atoms with E-state index >= 15 is 0 Å². The van der Waals surface area contributed by atoms with Crippen LogP contribution in [0.4, 0.5) is 4.39 Å². The Hall–Kier alpha value is -1.66. The SMILES string of the molecule is COc1ccc2c(c1)[Si](C)(C)C1=C2[Si](C)(C)c2cc(F)ccc21. The minimum Gasteiger partial charge on any atom is -0.497 e. The fourth-order valence-electron chi connectivity index (χ4n) is 4.47. The van der Waals surface area contributed by atoms with E-state index in [0.717, 1.165) is 5.75 Å². The molecule has 0 amide bonds. The summed E-state index contributed by atoms with van der Waals surface area (Å²) in [5.41, 5.74) is 2.70. The Morgan fingerprint density at radius 1 is 0.783 bits per heavy atom. The summed E-state index contributed by atoms with van der Waals surface area (Å²) in [6, 6.07) is 11.9. The van der Waals surface area contributed by atoms with Gasteiger partial charge >= 0.3 is 0 Å². The zero-order valence-corrected chi connectivity index (χ0v) is 16.3. The van der Waals surface area contributed by atoms with Crippen molar-refractivity contribution in [1.29, 1.82) is 0 Å². The van der Waals surface area contributed by atoms with Crippen molar-refractivity contribution in [3.63, 3.8) is 0 Å². The zero-order valence-electron chi connectivity index (χ0n) is 14.3. The minimum atomic E-state index is -1.86. The Kier molecular flexibility index (Phi) is 2.89. The summed E-state index contributed by atoms with van der Waals surface area (Å²) in [6.45, 7) is 9.54. The maximum atomic E-state index is 13.9. The third-order valence-electron chi connectivity index (χ3n) is 5.59. The van der Waals surface area contributed by atoms with E-state index in [0.29, 0.717) is 0 Å². The monoisotopic (exact) mass is 340 g/mol. The van der Waals surface area contributed by atoms with E-state index < -0.39 is 16.1 Å². The molecule has 4 rings (SSSR count). The van der Waals surface area contributed by atoms with Gasteiger partial charge in [0.15, 0.2) is 0 Å². The molecule has 4 heteroatoms. The summed E-state index contributed by atoms with van der Waals surface area (Å²) < 4.78 is 19.3. The van der Waals surface area contributed by atoms with E-state index in [4.69, 9.17) is 4.74 Å². The topological polar surface area (TPSA) is 9.23 Å². The molecule has 0 atom stereocenters. The second-order valence-electron chi connectivity index (χ2n) is 7.60. The van der Waals surface area contributed by atoms with Crippen molar-refractivity contribution in [1.82, 2.24) is 0 Å². The molecule has 0 saturated carbocycles. The number of benzene rings is 2. The molecule has 0 bridgehead atoms. The summed E-state index contributed by atoms with van der Waals surface area (Å²) in [7, 11) is -1.91. The molecule has 2 aromatic rings. The molecule has 0 saturated heterocycles. The molecule has 0 unspecified atom stereocenters. The van der Waals surface area contributed by atoms with Gasteiger partial charge in [-0.1, -0.05) is 38.3 Å². The van der Waals surface area contributed by atoms with Gasteiger partial charge in [-0.15, -0.1) is 0 Å². The van der Waals surface area contributed by atoms with E-state index in [9.17, 15) is 4.39 Å². The molecule has 2 aromatic carbocycles. The molecule has 2 aliphatic heterocycles. The summed E-state index contributed by atoms with van der Waals surface area (Å²) >= 11 is 0. The molecule has 0 N–H and O–H groups in total. The van der Waals surface area contributed by atoms with Crippen LogP contribution >= 0.6 is 0 Å². The van der Waals surface area contributed by atoms with Crippen LogP contribution < -0.4 is 15.1 Å². The van der Waals surface area contributed by atoms with Gasteiger partial charge < -0.3 is 4.74 Å². The maximum Gasteiger partial charge on any atom is 0.123 e. The van der Waals surface area contributed by atoms with E-state index in [1.807, 2.05) is 6.07 Å². The maximum absolute atomic E-state index is 13.9. The number of hydrogen-bond acceptors (Lipinski definition) is 1. The smallest absolute Gasteiger partial charge is 0.123 e. The van der Waals surface area contributed by atoms with E-state index in [1.54, 1.807) is 19.2 Å². The van der Waals surface area contributed by atoms with Gasteiger partial charge in [0.25, 0.3) is 0 Å². The molecular weight excluding hydrogens is 319 g/mol. The first-order chi connectivity index (χ1) is 10.8. The first-order valence-electron chi connectivity index (χ1n) is 8.03. The second kappa shape index (κ2) is 4.45. The van der Waals surface area contributed by atoms with Crippen LogP contribution in [0.3, 0.4) is 0 Å². The van der Waals surface area contributed by atoms with Gasteiger partial charge in [-0.2, -0.15) is 0 Å². The fourth-order valence-corrected chi connectivity index (χ4v) is 13.2. The second-order valence-corrected chi connectivity index (χ2v) is 16.2. The van der Waals surface area contributed by atoms with Crippen LogP contribution in [0.2, 0.25) is 26.2 Å². The number of methoxy groups -OCH3 is 1. The van der Waals surface area contributed by atoms with Crippen molar-refractivity contribution in [2.24, 2.45) is 0 Å². The molecule has 0 aliphatic carbocycles. The number of rotatable bonds is 1. The Bertz CT molecular complexity index is 881. The summed E-state index contributed by atoms with van der Waals surface area (Å²) in [5, 5.41) is 5.81.